The van der Waals surface area contributed by atoms with Gasteiger partial charge in [-0.1, -0.05) is 24.3 Å². The van der Waals surface area contributed by atoms with Gasteiger partial charge in [-0.05, 0) is 36.8 Å². The summed E-state index contributed by atoms with van der Waals surface area (Å²) in [5.74, 6) is 0.682. The van der Waals surface area contributed by atoms with E-state index in [1.54, 1.807) is 12.4 Å². The highest BCUT2D eigenvalue weighted by Crippen LogP contribution is 2.24. The average molecular weight is 308 g/mol. The molecule has 2 aromatic rings. The first-order chi connectivity index (χ1) is 11.3. The van der Waals surface area contributed by atoms with Gasteiger partial charge in [0.15, 0.2) is 0 Å². The number of aromatic nitrogens is 2. The summed E-state index contributed by atoms with van der Waals surface area (Å²) in [6.45, 7) is 1.66. The molecule has 0 unspecified atom stereocenters. The summed E-state index contributed by atoms with van der Waals surface area (Å²) >= 11 is 0. The molecular weight excluding hydrogens is 288 g/mol. The minimum Gasteiger partial charge on any atom is -0.365 e. The maximum atomic E-state index is 12.4. The van der Waals surface area contributed by atoms with Gasteiger partial charge in [0.25, 0.3) is 5.91 Å². The third-order valence-electron chi connectivity index (χ3n) is 4.65. The minimum absolute atomic E-state index is 0.00615. The van der Waals surface area contributed by atoms with Crippen molar-refractivity contribution in [1.82, 2.24) is 14.9 Å². The molecule has 5 nitrogen and oxygen atoms in total. The summed E-state index contributed by atoms with van der Waals surface area (Å²) < 4.78 is 0. The lowest BCUT2D eigenvalue weighted by Gasteiger charge is -2.16. The Morgan fingerprint density at radius 3 is 2.48 bits per heavy atom. The van der Waals surface area contributed by atoms with E-state index in [4.69, 9.17) is 0 Å². The van der Waals surface area contributed by atoms with Crippen molar-refractivity contribution in [1.29, 1.82) is 0 Å². The largest absolute Gasteiger partial charge is 0.365 e. The van der Waals surface area contributed by atoms with E-state index >= 15 is 0 Å². The summed E-state index contributed by atoms with van der Waals surface area (Å²) in [5.41, 5.74) is 3.22. The van der Waals surface area contributed by atoms with Gasteiger partial charge in [-0.3, -0.25) is 9.78 Å². The van der Waals surface area contributed by atoms with Gasteiger partial charge in [0.2, 0.25) is 0 Å². The Bertz CT molecular complexity index is 699. The molecule has 1 aromatic carbocycles. The number of anilines is 1. The van der Waals surface area contributed by atoms with Crippen molar-refractivity contribution in [2.45, 2.75) is 31.7 Å². The molecule has 0 spiro atoms. The zero-order valence-corrected chi connectivity index (χ0v) is 13.0. The number of nitrogens with zero attached hydrogens (tertiary/aromatic N) is 3. The van der Waals surface area contributed by atoms with Gasteiger partial charge in [0.05, 0.1) is 12.4 Å². The molecule has 2 aliphatic rings. The Hall–Kier alpha value is -2.43. The number of likely N-dealkylation sites (tertiary alicyclic amines) is 1. The summed E-state index contributed by atoms with van der Waals surface area (Å²) in [6.07, 6.45) is 7.40. The van der Waals surface area contributed by atoms with Crippen LogP contribution in [0.5, 0.6) is 0 Å². The number of hydrogen-bond acceptors (Lipinski definition) is 4. The SMILES string of the molecule is O=C(c1cncc(NC2Cc3ccccc3C2)n1)N1CCCC1. The lowest BCUT2D eigenvalue weighted by atomic mass is 10.1. The standard InChI is InChI=1S/C18H20N4O/c23-18(22-7-3-4-8-22)16-11-19-12-17(21-16)20-15-9-13-5-1-2-6-14(13)10-15/h1-2,5-6,11-12,15H,3-4,7-10H2,(H,20,21). The fourth-order valence-corrected chi connectivity index (χ4v) is 3.49. The zero-order chi connectivity index (χ0) is 15.6. The fourth-order valence-electron chi connectivity index (χ4n) is 3.49. The maximum absolute atomic E-state index is 12.4. The van der Waals surface area contributed by atoms with Crippen molar-refractivity contribution in [3.63, 3.8) is 0 Å². The molecule has 2 heterocycles. The van der Waals surface area contributed by atoms with Crippen molar-refractivity contribution >= 4 is 11.7 Å². The van der Waals surface area contributed by atoms with E-state index < -0.39 is 0 Å². The molecule has 118 valence electrons. The molecule has 5 heteroatoms. The van der Waals surface area contributed by atoms with Crippen LogP contribution < -0.4 is 5.32 Å². The number of hydrogen-bond donors (Lipinski definition) is 1. The van der Waals surface area contributed by atoms with Crippen molar-refractivity contribution in [2.75, 3.05) is 18.4 Å². The third kappa shape index (κ3) is 2.91. The first-order valence-corrected chi connectivity index (χ1v) is 8.24. The predicted octanol–water partition coefficient (Wildman–Crippen LogP) is 2.29. The molecule has 0 saturated carbocycles. The second-order valence-corrected chi connectivity index (χ2v) is 6.31. The predicted molar refractivity (Wildman–Crippen MR) is 88.4 cm³/mol. The van der Waals surface area contributed by atoms with E-state index in [1.807, 2.05) is 4.90 Å². The van der Waals surface area contributed by atoms with Gasteiger partial charge in [-0.15, -0.1) is 0 Å². The number of benzene rings is 1. The van der Waals surface area contributed by atoms with E-state index in [2.05, 4.69) is 39.6 Å². The van der Waals surface area contributed by atoms with Crippen LogP contribution in [-0.4, -0.2) is 39.9 Å². The van der Waals surface area contributed by atoms with Crippen LogP contribution >= 0.6 is 0 Å². The average Bonchev–Trinajstić information content (AvgIpc) is 3.23. The fraction of sp³-hybridized carbons (Fsp3) is 0.389. The lowest BCUT2D eigenvalue weighted by Crippen LogP contribution is -2.29. The van der Waals surface area contributed by atoms with Crippen molar-refractivity contribution in [3.05, 3.63) is 53.5 Å². The minimum atomic E-state index is -0.00615. The molecule has 0 atom stereocenters. The summed E-state index contributed by atoms with van der Waals surface area (Å²) in [6, 6.07) is 8.83. The summed E-state index contributed by atoms with van der Waals surface area (Å²) in [7, 11) is 0. The van der Waals surface area contributed by atoms with Crippen molar-refractivity contribution in [3.8, 4) is 0 Å². The monoisotopic (exact) mass is 308 g/mol. The molecule has 1 saturated heterocycles. The van der Waals surface area contributed by atoms with Gasteiger partial charge in [-0.2, -0.15) is 0 Å². The highest BCUT2D eigenvalue weighted by Gasteiger charge is 2.23. The van der Waals surface area contributed by atoms with Crippen LogP contribution in [0.4, 0.5) is 5.82 Å². The smallest absolute Gasteiger partial charge is 0.274 e. The molecule has 1 amide bonds. The molecule has 1 fully saturated rings. The Kier molecular flexibility index (Phi) is 3.69. The van der Waals surface area contributed by atoms with Gasteiger partial charge >= 0.3 is 0 Å². The molecule has 0 radical (unpaired) electrons. The van der Waals surface area contributed by atoms with E-state index in [0.29, 0.717) is 17.6 Å². The topological polar surface area (TPSA) is 58.1 Å². The van der Waals surface area contributed by atoms with Gasteiger partial charge < -0.3 is 10.2 Å². The first-order valence-electron chi connectivity index (χ1n) is 8.24. The highest BCUT2D eigenvalue weighted by molar-refractivity contribution is 5.92. The molecular formula is C18H20N4O. The summed E-state index contributed by atoms with van der Waals surface area (Å²) in [5, 5.41) is 3.43. The highest BCUT2D eigenvalue weighted by atomic mass is 16.2. The zero-order valence-electron chi connectivity index (χ0n) is 13.0. The van der Waals surface area contributed by atoms with E-state index in [1.165, 1.54) is 11.1 Å². The molecule has 4 rings (SSSR count). The Labute approximate surface area is 135 Å². The summed E-state index contributed by atoms with van der Waals surface area (Å²) in [4.78, 5) is 22.9. The third-order valence-corrected chi connectivity index (χ3v) is 4.65. The van der Waals surface area contributed by atoms with Crippen LogP contribution in [0.25, 0.3) is 0 Å². The normalized spacial score (nSPS) is 17.3. The van der Waals surface area contributed by atoms with Crippen LogP contribution in [-0.2, 0) is 12.8 Å². The van der Waals surface area contributed by atoms with E-state index in [9.17, 15) is 4.79 Å². The van der Waals surface area contributed by atoms with Gasteiger partial charge in [0.1, 0.15) is 11.5 Å². The van der Waals surface area contributed by atoms with Crippen molar-refractivity contribution < 1.29 is 4.79 Å². The van der Waals surface area contributed by atoms with Crippen LogP contribution in [0.15, 0.2) is 36.7 Å². The van der Waals surface area contributed by atoms with E-state index in [0.717, 1.165) is 38.8 Å². The molecule has 1 N–H and O–H groups in total. The lowest BCUT2D eigenvalue weighted by molar-refractivity contribution is 0.0786. The van der Waals surface area contributed by atoms with Gasteiger partial charge in [0, 0.05) is 19.1 Å². The quantitative estimate of drug-likeness (QED) is 0.945. The Morgan fingerprint density at radius 2 is 1.78 bits per heavy atom. The number of rotatable bonds is 3. The second kappa shape index (κ2) is 5.99. The molecule has 23 heavy (non-hydrogen) atoms. The first kappa shape index (κ1) is 14.2. The van der Waals surface area contributed by atoms with Crippen molar-refractivity contribution in [2.24, 2.45) is 0 Å². The number of amides is 1. The second-order valence-electron chi connectivity index (χ2n) is 6.31. The molecule has 0 bridgehead atoms. The van der Waals surface area contributed by atoms with E-state index in [-0.39, 0.29) is 5.91 Å². The van der Waals surface area contributed by atoms with Gasteiger partial charge in [-0.25, -0.2) is 4.98 Å². The number of carbonyl (C=O) groups excluding carboxylic acids is 1. The Balaban J connectivity index is 1.46. The Morgan fingerprint density at radius 1 is 1.09 bits per heavy atom. The maximum Gasteiger partial charge on any atom is 0.274 e. The number of fused-ring (bicyclic) bond motifs is 1. The molecule has 1 aliphatic carbocycles. The van der Waals surface area contributed by atoms with Crippen LogP contribution in [0, 0.1) is 0 Å². The number of carbonyl (C=O) groups is 1. The molecule has 1 aromatic heterocycles. The van der Waals surface area contributed by atoms with Crippen LogP contribution in [0.3, 0.4) is 0 Å². The molecule has 1 aliphatic heterocycles. The van der Waals surface area contributed by atoms with Crippen LogP contribution in [0.2, 0.25) is 0 Å². The number of nitrogens with one attached hydrogen (secondary N) is 1. The van der Waals surface area contributed by atoms with Crippen LogP contribution in [0.1, 0.15) is 34.5 Å².